The van der Waals surface area contributed by atoms with Crippen LogP contribution in [0.15, 0.2) is 34.2 Å². The van der Waals surface area contributed by atoms with Gasteiger partial charge in [0, 0.05) is 30.6 Å². The van der Waals surface area contributed by atoms with Gasteiger partial charge in [-0.3, -0.25) is 4.90 Å². The predicted octanol–water partition coefficient (Wildman–Crippen LogP) is 2.76. The average Bonchev–Trinajstić information content (AvgIpc) is 3.33. The van der Waals surface area contributed by atoms with Crippen molar-refractivity contribution in [2.45, 2.75) is 19.4 Å². The molecule has 7 nitrogen and oxygen atoms in total. The molecule has 0 aliphatic carbocycles. The van der Waals surface area contributed by atoms with E-state index in [4.69, 9.17) is 14.2 Å². The third kappa shape index (κ3) is 4.18. The van der Waals surface area contributed by atoms with E-state index in [9.17, 15) is 0 Å². The van der Waals surface area contributed by atoms with Gasteiger partial charge in [0.1, 0.15) is 10.8 Å². The number of ether oxygens (including phenoxy) is 1. The molecule has 1 N–H and O–H groups in total. The number of rotatable bonds is 6. The van der Waals surface area contributed by atoms with E-state index < -0.39 is 0 Å². The summed E-state index contributed by atoms with van der Waals surface area (Å²) < 4.78 is 10.9. The summed E-state index contributed by atoms with van der Waals surface area (Å²) in [5, 5.41) is 10.6. The normalized spacial score (nSPS) is 17.9. The summed E-state index contributed by atoms with van der Waals surface area (Å²) >= 11 is 1.62. The second-order valence-corrected chi connectivity index (χ2v) is 7.38. The van der Waals surface area contributed by atoms with Crippen LogP contribution in [0.2, 0.25) is 0 Å². The maximum atomic E-state index is 5.49. The first-order valence-electron chi connectivity index (χ1n) is 9.14. The van der Waals surface area contributed by atoms with Gasteiger partial charge >= 0.3 is 0 Å². The lowest BCUT2D eigenvalue weighted by molar-refractivity contribution is 0.190. The number of thiazole rings is 1. The minimum Gasteiger partial charge on any atom is -0.494 e. The fraction of sp³-hybridized carbons (Fsp3) is 0.421. The van der Waals surface area contributed by atoms with Crippen molar-refractivity contribution in [2.75, 3.05) is 33.3 Å². The largest absolute Gasteiger partial charge is 0.494 e. The van der Waals surface area contributed by atoms with E-state index in [0.717, 1.165) is 47.5 Å². The van der Waals surface area contributed by atoms with Gasteiger partial charge in [-0.2, -0.15) is 4.98 Å². The van der Waals surface area contributed by atoms with Crippen molar-refractivity contribution in [3.63, 3.8) is 0 Å². The molecule has 2 aromatic heterocycles. The molecule has 0 bridgehead atoms. The maximum Gasteiger partial charge on any atom is 0.232 e. The number of likely N-dealkylation sites (N-methyl/N-ethyl adjacent to an activating group) is 1. The summed E-state index contributed by atoms with van der Waals surface area (Å²) in [6.45, 7) is 5.46. The van der Waals surface area contributed by atoms with Crippen molar-refractivity contribution < 1.29 is 9.26 Å². The molecule has 1 fully saturated rings. The number of hydrogen-bond donors (Lipinski definition) is 1. The Balaban J connectivity index is 1.43. The van der Waals surface area contributed by atoms with Crippen molar-refractivity contribution in [2.24, 2.45) is 0 Å². The third-order valence-electron chi connectivity index (χ3n) is 4.59. The van der Waals surface area contributed by atoms with Crippen LogP contribution in [0.1, 0.15) is 30.4 Å². The molecule has 0 radical (unpaired) electrons. The van der Waals surface area contributed by atoms with E-state index >= 15 is 0 Å². The fourth-order valence-corrected chi connectivity index (χ4v) is 3.93. The highest BCUT2D eigenvalue weighted by Gasteiger charge is 2.25. The first-order valence-corrected chi connectivity index (χ1v) is 10.0. The Labute approximate surface area is 162 Å². The highest BCUT2D eigenvalue weighted by atomic mass is 32.1. The molecular weight excluding hydrogens is 362 g/mol. The van der Waals surface area contributed by atoms with Crippen molar-refractivity contribution in [3.8, 4) is 16.3 Å². The highest BCUT2D eigenvalue weighted by Crippen LogP contribution is 2.27. The van der Waals surface area contributed by atoms with E-state index in [1.165, 1.54) is 0 Å². The molecule has 1 aromatic carbocycles. The summed E-state index contributed by atoms with van der Waals surface area (Å²) in [6.07, 6.45) is 0.546. The second kappa shape index (κ2) is 8.16. The highest BCUT2D eigenvalue weighted by molar-refractivity contribution is 7.13. The SMILES string of the molecule is CCOc1ccc(-c2nc(Cc3nc(C4CNCCN4C)no3)cs2)cc1. The Bertz CT molecular complexity index is 876. The monoisotopic (exact) mass is 385 g/mol. The third-order valence-corrected chi connectivity index (χ3v) is 5.53. The van der Waals surface area contributed by atoms with Crippen LogP contribution in [0, 0.1) is 0 Å². The molecule has 1 unspecified atom stereocenters. The zero-order valence-electron chi connectivity index (χ0n) is 15.5. The van der Waals surface area contributed by atoms with Crippen LogP contribution in [0.3, 0.4) is 0 Å². The van der Waals surface area contributed by atoms with Crippen LogP contribution in [-0.4, -0.2) is 53.3 Å². The van der Waals surface area contributed by atoms with Crippen LogP contribution in [0.5, 0.6) is 5.75 Å². The Morgan fingerprint density at radius 3 is 2.93 bits per heavy atom. The Morgan fingerprint density at radius 1 is 1.30 bits per heavy atom. The molecule has 0 spiro atoms. The number of benzene rings is 1. The van der Waals surface area contributed by atoms with Gasteiger partial charge in [-0.15, -0.1) is 11.3 Å². The molecule has 3 heterocycles. The molecule has 4 rings (SSSR count). The predicted molar refractivity (Wildman–Crippen MR) is 104 cm³/mol. The van der Waals surface area contributed by atoms with Gasteiger partial charge in [-0.25, -0.2) is 4.98 Å². The van der Waals surface area contributed by atoms with Crippen LogP contribution in [-0.2, 0) is 6.42 Å². The van der Waals surface area contributed by atoms with Gasteiger partial charge in [0.25, 0.3) is 0 Å². The number of aromatic nitrogens is 3. The maximum absolute atomic E-state index is 5.49. The molecule has 1 atom stereocenters. The number of piperazine rings is 1. The van der Waals surface area contributed by atoms with E-state index in [0.29, 0.717) is 18.9 Å². The lowest BCUT2D eigenvalue weighted by Gasteiger charge is -2.30. The first kappa shape index (κ1) is 18.1. The van der Waals surface area contributed by atoms with E-state index in [-0.39, 0.29) is 6.04 Å². The standard InChI is InChI=1S/C19H23N5O2S/c1-3-25-15-6-4-13(5-7-15)19-21-14(12-27-19)10-17-22-18(23-26-17)16-11-20-8-9-24(16)2/h4-7,12,16,20H,3,8-11H2,1-2H3. The number of nitrogens with one attached hydrogen (secondary N) is 1. The van der Waals surface area contributed by atoms with Gasteiger partial charge in [-0.05, 0) is 38.2 Å². The zero-order chi connectivity index (χ0) is 18.6. The van der Waals surface area contributed by atoms with Crippen molar-refractivity contribution in [1.82, 2.24) is 25.3 Å². The van der Waals surface area contributed by atoms with E-state index in [1.54, 1.807) is 11.3 Å². The van der Waals surface area contributed by atoms with Gasteiger partial charge in [0.15, 0.2) is 5.82 Å². The summed E-state index contributed by atoms with van der Waals surface area (Å²) in [4.78, 5) is 11.5. The van der Waals surface area contributed by atoms with Gasteiger partial charge in [0.2, 0.25) is 5.89 Å². The number of nitrogens with zero attached hydrogens (tertiary/aromatic N) is 4. The Morgan fingerprint density at radius 2 is 2.15 bits per heavy atom. The zero-order valence-corrected chi connectivity index (χ0v) is 16.3. The molecule has 8 heteroatoms. The van der Waals surface area contributed by atoms with Crippen molar-refractivity contribution in [1.29, 1.82) is 0 Å². The number of hydrogen-bond acceptors (Lipinski definition) is 8. The van der Waals surface area contributed by atoms with Crippen LogP contribution in [0.25, 0.3) is 10.6 Å². The quantitative estimate of drug-likeness (QED) is 0.699. The van der Waals surface area contributed by atoms with Gasteiger partial charge < -0.3 is 14.6 Å². The van der Waals surface area contributed by atoms with E-state index in [2.05, 4.69) is 27.4 Å². The average molecular weight is 385 g/mol. The minimum absolute atomic E-state index is 0.158. The van der Waals surface area contributed by atoms with Gasteiger partial charge in [0.05, 0.1) is 24.8 Å². The summed E-state index contributed by atoms with van der Waals surface area (Å²) in [7, 11) is 2.09. The molecule has 0 saturated carbocycles. The Hall–Kier alpha value is -2.29. The molecule has 27 heavy (non-hydrogen) atoms. The molecule has 1 aliphatic rings. The second-order valence-electron chi connectivity index (χ2n) is 6.53. The smallest absolute Gasteiger partial charge is 0.232 e. The van der Waals surface area contributed by atoms with Crippen LogP contribution >= 0.6 is 11.3 Å². The fourth-order valence-electron chi connectivity index (χ4n) is 3.11. The molecule has 142 valence electrons. The molecular formula is C19H23N5O2S. The summed E-state index contributed by atoms with van der Waals surface area (Å²) in [5.74, 6) is 2.22. The van der Waals surface area contributed by atoms with Gasteiger partial charge in [-0.1, -0.05) is 5.16 Å². The van der Waals surface area contributed by atoms with Crippen molar-refractivity contribution in [3.05, 3.63) is 47.1 Å². The topological polar surface area (TPSA) is 76.3 Å². The summed E-state index contributed by atoms with van der Waals surface area (Å²) in [6, 6.07) is 8.16. The van der Waals surface area contributed by atoms with Crippen LogP contribution in [0.4, 0.5) is 0 Å². The van der Waals surface area contributed by atoms with E-state index in [1.807, 2.05) is 36.6 Å². The Kier molecular flexibility index (Phi) is 5.47. The molecule has 1 aliphatic heterocycles. The molecule has 1 saturated heterocycles. The molecule has 0 amide bonds. The summed E-state index contributed by atoms with van der Waals surface area (Å²) in [5.41, 5.74) is 2.02. The first-order chi connectivity index (χ1) is 13.2. The van der Waals surface area contributed by atoms with Crippen LogP contribution < -0.4 is 10.1 Å². The lowest BCUT2D eigenvalue weighted by atomic mass is 10.2. The minimum atomic E-state index is 0.158. The van der Waals surface area contributed by atoms with Crippen molar-refractivity contribution >= 4 is 11.3 Å². The molecule has 3 aromatic rings. The lowest BCUT2D eigenvalue weighted by Crippen LogP contribution is -2.44.